The van der Waals surface area contributed by atoms with Gasteiger partial charge in [-0.15, -0.1) is 0 Å². The highest BCUT2D eigenvalue weighted by Gasteiger charge is 2.27. The molecule has 6 N–H and O–H groups in total. The van der Waals surface area contributed by atoms with E-state index in [0.717, 1.165) is 32.1 Å². The van der Waals surface area contributed by atoms with E-state index in [-0.39, 0.29) is 19.6 Å². The van der Waals surface area contributed by atoms with E-state index < -0.39 is 38.6 Å². The summed E-state index contributed by atoms with van der Waals surface area (Å²) in [6.45, 7) is 3.96. The Bertz CT molecular complexity index is 904. The number of hydrogen-bond acceptors (Lipinski definition) is 7. The predicted molar refractivity (Wildman–Crippen MR) is 223 cm³/mol. The third kappa shape index (κ3) is 37.6. The molecule has 0 spiro atoms. The molecule has 0 saturated heterocycles. The van der Waals surface area contributed by atoms with Crippen molar-refractivity contribution in [1.29, 1.82) is 0 Å². The summed E-state index contributed by atoms with van der Waals surface area (Å²) in [4.78, 5) is 22.7. The molecule has 314 valence electrons. The van der Waals surface area contributed by atoms with Crippen LogP contribution < -0.4 is 11.1 Å². The van der Waals surface area contributed by atoms with Crippen molar-refractivity contribution in [3.8, 4) is 0 Å². The van der Waals surface area contributed by atoms with Gasteiger partial charge in [0, 0.05) is 6.54 Å². The highest BCUT2D eigenvalue weighted by molar-refractivity contribution is 7.47. The van der Waals surface area contributed by atoms with Gasteiger partial charge in [0.05, 0.1) is 37.9 Å². The van der Waals surface area contributed by atoms with Crippen LogP contribution in [0.2, 0.25) is 0 Å². The molecule has 53 heavy (non-hydrogen) atoms. The summed E-state index contributed by atoms with van der Waals surface area (Å²) in [6, 6.07) is -0.995. The molecule has 0 aromatic heterocycles. The van der Waals surface area contributed by atoms with Crippen LogP contribution >= 0.6 is 7.82 Å². The predicted octanol–water partition coefficient (Wildman–Crippen LogP) is 11.1. The van der Waals surface area contributed by atoms with Crippen molar-refractivity contribution in [2.24, 2.45) is 5.73 Å². The molecule has 0 aliphatic carbocycles. The molecule has 0 radical (unpaired) electrons. The third-order valence-corrected chi connectivity index (χ3v) is 10.8. The second-order valence-electron chi connectivity index (χ2n) is 15.1. The number of phosphoric ester groups is 1. The van der Waals surface area contributed by atoms with E-state index >= 15 is 0 Å². The van der Waals surface area contributed by atoms with Gasteiger partial charge in [-0.3, -0.25) is 13.8 Å². The quantitative estimate of drug-likeness (QED) is 0.0234. The van der Waals surface area contributed by atoms with Gasteiger partial charge in [-0.25, -0.2) is 4.57 Å². The zero-order valence-corrected chi connectivity index (χ0v) is 35.3. The molecule has 9 nitrogen and oxygen atoms in total. The van der Waals surface area contributed by atoms with Crippen molar-refractivity contribution in [2.75, 3.05) is 19.8 Å². The fourth-order valence-electron chi connectivity index (χ4n) is 6.49. The number of aliphatic hydroxyl groups excluding tert-OH is 2. The molecule has 10 heteroatoms. The number of allylic oxidation sites excluding steroid dienone is 3. The van der Waals surface area contributed by atoms with E-state index in [1.807, 2.05) is 6.08 Å². The summed E-state index contributed by atoms with van der Waals surface area (Å²) in [5, 5.41) is 24.0. The van der Waals surface area contributed by atoms with Crippen LogP contribution in [0.4, 0.5) is 0 Å². The van der Waals surface area contributed by atoms with Crippen LogP contribution in [-0.2, 0) is 18.4 Å². The highest BCUT2D eigenvalue weighted by Crippen LogP contribution is 2.43. The standard InChI is InChI=1S/C43H85N2O7P/c1-3-5-7-9-11-13-15-17-19-20-21-23-25-27-29-31-33-35-42(47)41(39-52-53(49,50)51-37-36-44)45-43(48)38-40(46)34-32-30-28-26-24-22-18-16-14-12-10-8-6-4-2/h25,27,33,35,40-42,46-47H,3-24,26,28-32,34,36-39,44H2,1-2H3,(H,45,48)(H,49,50)/b27-25+,35-33+. The number of rotatable bonds is 41. The largest absolute Gasteiger partial charge is 0.472 e. The fourth-order valence-corrected chi connectivity index (χ4v) is 7.25. The van der Waals surface area contributed by atoms with Gasteiger partial charge in [-0.2, -0.15) is 0 Å². The van der Waals surface area contributed by atoms with Gasteiger partial charge >= 0.3 is 7.82 Å². The average molecular weight is 773 g/mol. The number of hydrogen-bond donors (Lipinski definition) is 5. The van der Waals surface area contributed by atoms with Crippen LogP contribution in [0, 0.1) is 0 Å². The Hall–Kier alpha value is -1.06. The summed E-state index contributed by atoms with van der Waals surface area (Å²) < 4.78 is 22.1. The Morgan fingerprint density at radius 2 is 1.08 bits per heavy atom. The van der Waals surface area contributed by atoms with Crippen molar-refractivity contribution in [1.82, 2.24) is 5.32 Å². The van der Waals surface area contributed by atoms with Gasteiger partial charge in [-0.1, -0.05) is 192 Å². The van der Waals surface area contributed by atoms with E-state index in [1.54, 1.807) is 6.08 Å². The van der Waals surface area contributed by atoms with E-state index in [4.69, 9.17) is 14.8 Å². The van der Waals surface area contributed by atoms with E-state index in [0.29, 0.717) is 12.8 Å². The van der Waals surface area contributed by atoms with Gasteiger partial charge in [0.2, 0.25) is 5.91 Å². The average Bonchev–Trinajstić information content (AvgIpc) is 3.13. The van der Waals surface area contributed by atoms with Crippen molar-refractivity contribution in [2.45, 2.75) is 225 Å². The summed E-state index contributed by atoms with van der Waals surface area (Å²) in [7, 11) is -4.40. The lowest BCUT2D eigenvalue weighted by molar-refractivity contribution is -0.124. The van der Waals surface area contributed by atoms with E-state index in [1.165, 1.54) is 141 Å². The molecular formula is C43H85N2O7P. The second-order valence-corrected chi connectivity index (χ2v) is 16.5. The summed E-state index contributed by atoms with van der Waals surface area (Å²) in [5.41, 5.74) is 5.36. The van der Waals surface area contributed by atoms with Gasteiger partial charge < -0.3 is 26.2 Å². The number of unbranched alkanes of at least 4 members (excludes halogenated alkanes) is 25. The first-order valence-corrected chi connectivity index (χ1v) is 23.5. The summed E-state index contributed by atoms with van der Waals surface area (Å²) in [6.07, 6.45) is 41.2. The zero-order chi connectivity index (χ0) is 39.1. The normalized spacial score (nSPS) is 14.9. The first-order valence-electron chi connectivity index (χ1n) is 22.0. The maximum Gasteiger partial charge on any atom is 0.472 e. The van der Waals surface area contributed by atoms with E-state index in [9.17, 15) is 24.5 Å². The van der Waals surface area contributed by atoms with Crippen LogP contribution in [0.1, 0.15) is 206 Å². The number of amides is 1. The number of carbonyl (C=O) groups is 1. The molecule has 1 amide bonds. The maximum absolute atomic E-state index is 12.8. The Balaban J connectivity index is 4.36. The molecule has 0 aliphatic rings. The van der Waals surface area contributed by atoms with Crippen molar-refractivity contribution in [3.63, 3.8) is 0 Å². The number of nitrogens with one attached hydrogen (secondary N) is 1. The molecule has 0 aliphatic heterocycles. The minimum absolute atomic E-state index is 0.0460. The molecule has 0 rings (SSSR count). The number of aliphatic hydroxyl groups is 2. The molecule has 0 saturated carbocycles. The minimum Gasteiger partial charge on any atom is -0.393 e. The minimum atomic E-state index is -4.40. The van der Waals surface area contributed by atoms with Gasteiger partial charge in [-0.05, 0) is 32.1 Å². The first kappa shape index (κ1) is 51.9. The van der Waals surface area contributed by atoms with Crippen molar-refractivity contribution < 1.29 is 33.5 Å². The van der Waals surface area contributed by atoms with Crippen LogP contribution in [0.25, 0.3) is 0 Å². The van der Waals surface area contributed by atoms with Gasteiger partial charge in [0.1, 0.15) is 0 Å². The lowest BCUT2D eigenvalue weighted by Gasteiger charge is -2.24. The number of nitrogens with two attached hydrogens (primary N) is 1. The molecule has 4 unspecified atom stereocenters. The first-order chi connectivity index (χ1) is 25.8. The molecule has 0 fully saturated rings. The topological polar surface area (TPSA) is 151 Å². The zero-order valence-electron chi connectivity index (χ0n) is 34.4. The summed E-state index contributed by atoms with van der Waals surface area (Å²) in [5.74, 6) is -0.454. The highest BCUT2D eigenvalue weighted by atomic mass is 31.2. The molecule has 0 bridgehead atoms. The van der Waals surface area contributed by atoms with Crippen LogP contribution in [0.15, 0.2) is 24.3 Å². The molecular weight excluding hydrogens is 687 g/mol. The van der Waals surface area contributed by atoms with Crippen molar-refractivity contribution >= 4 is 13.7 Å². The Labute approximate surface area is 326 Å². The molecule has 4 atom stereocenters. The van der Waals surface area contributed by atoms with E-state index in [2.05, 4.69) is 31.3 Å². The Morgan fingerprint density at radius 1 is 0.642 bits per heavy atom. The fraction of sp³-hybridized carbons (Fsp3) is 0.884. The number of carbonyl (C=O) groups excluding carboxylic acids is 1. The maximum atomic E-state index is 12.8. The monoisotopic (exact) mass is 773 g/mol. The lowest BCUT2D eigenvalue weighted by Crippen LogP contribution is -2.46. The SMILES string of the molecule is CCCCCCCCCCCCC/C=C/CC/C=C/C(O)C(COP(=O)(O)OCCN)NC(=O)CC(O)CCCCCCCCCCCCCCCC. The molecule has 0 heterocycles. The van der Waals surface area contributed by atoms with Crippen LogP contribution in [-0.4, -0.2) is 59.0 Å². The molecule has 0 aromatic rings. The Morgan fingerprint density at radius 3 is 1.57 bits per heavy atom. The second kappa shape index (κ2) is 39.2. The Kier molecular flexibility index (Phi) is 38.4. The lowest BCUT2D eigenvalue weighted by atomic mass is 10.0. The third-order valence-electron chi connectivity index (χ3n) is 9.83. The van der Waals surface area contributed by atoms with Crippen molar-refractivity contribution in [3.05, 3.63) is 24.3 Å². The van der Waals surface area contributed by atoms with Gasteiger partial charge in [0.25, 0.3) is 0 Å². The summed E-state index contributed by atoms with van der Waals surface area (Å²) >= 11 is 0. The molecule has 0 aromatic carbocycles. The van der Waals surface area contributed by atoms with Crippen LogP contribution in [0.5, 0.6) is 0 Å². The number of phosphoric acid groups is 1. The van der Waals surface area contributed by atoms with Crippen LogP contribution in [0.3, 0.4) is 0 Å². The smallest absolute Gasteiger partial charge is 0.393 e. The van der Waals surface area contributed by atoms with Gasteiger partial charge in [0.15, 0.2) is 0 Å².